The second kappa shape index (κ2) is 48.5. The van der Waals surface area contributed by atoms with E-state index in [0.29, 0.717) is 25.7 Å². The molecule has 0 saturated carbocycles. The number of hydrogen-bond donors (Lipinski definition) is 19. The zero-order valence-electron chi connectivity index (χ0n) is 62.7. The van der Waals surface area contributed by atoms with Gasteiger partial charge in [-0.2, -0.15) is 0 Å². The summed E-state index contributed by atoms with van der Waals surface area (Å²) < 4.78 is 0. The summed E-state index contributed by atoms with van der Waals surface area (Å²) in [6.45, 7) is 13.4. The summed E-state index contributed by atoms with van der Waals surface area (Å²) in [6.07, 6.45) is 4.09. The van der Waals surface area contributed by atoms with Crippen LogP contribution in [-0.2, 0) is 76.7 Å². The zero-order valence-corrected chi connectivity index (χ0v) is 62.7. The monoisotopic (exact) mass is 1510 g/mol. The van der Waals surface area contributed by atoms with Crippen LogP contribution in [0.15, 0.2) is 0 Å². The van der Waals surface area contributed by atoms with E-state index in [-0.39, 0.29) is 102 Å². The van der Waals surface area contributed by atoms with Crippen LogP contribution in [0.4, 0.5) is 0 Å². The van der Waals surface area contributed by atoms with Crippen molar-refractivity contribution >= 4 is 94.7 Å². The van der Waals surface area contributed by atoms with Gasteiger partial charge in [0, 0.05) is 19.5 Å². The number of rotatable bonds is 51. The summed E-state index contributed by atoms with van der Waals surface area (Å²) in [5, 5.41) is 87.0. The Morgan fingerprint density at radius 3 is 1.36 bits per heavy atom. The molecule has 0 spiro atoms. The topological polar surface area (TPSA) is 585 Å². The number of nitrogens with zero attached hydrogens (tertiary/aromatic N) is 2. The van der Waals surface area contributed by atoms with Gasteiger partial charge in [0.25, 0.3) is 0 Å². The SMILES string of the molecule is CCCCCCCCCC(=O)N[C@@H](CC(C)C)C(=O)N[C@H](C(=O)N1CCC[C@H]1C(=O)N[C@H](C(=O)N[C@@H](C)C(=O)N[C@@H](CCCCN)C(=O)N[C@@H](C)C(=O)N1CCC[C@H]1C(=O)N[C@@H](CO)C(=O)N[C@@H](CCCCN)C(=O)N[C@H](C(=O)N[C@@H](CC(=O)O)C(=O)N[C@@H](CC(=O)O)C(=O)O)[C@@H](C)CC)[C@@H](C)O)[C@@H](C)O. The van der Waals surface area contributed by atoms with Crippen LogP contribution in [0.1, 0.15) is 204 Å². The van der Waals surface area contributed by atoms with Gasteiger partial charge in [-0.15, -0.1) is 0 Å². The van der Waals surface area contributed by atoms with Crippen LogP contribution in [0.25, 0.3) is 0 Å². The van der Waals surface area contributed by atoms with Crippen molar-refractivity contribution < 1.29 is 107 Å². The second-order valence-corrected chi connectivity index (χ2v) is 27.9. The van der Waals surface area contributed by atoms with E-state index in [4.69, 9.17) is 16.6 Å². The molecule has 0 unspecified atom stereocenters. The fourth-order valence-electron chi connectivity index (χ4n) is 12.1. The Morgan fingerprint density at radius 1 is 0.425 bits per heavy atom. The largest absolute Gasteiger partial charge is 0.481 e. The third-order valence-electron chi connectivity index (χ3n) is 18.4. The van der Waals surface area contributed by atoms with E-state index in [2.05, 4.69) is 60.1 Å². The molecule has 21 N–H and O–H groups in total. The number of aliphatic hydroxyl groups is 3. The first-order valence-corrected chi connectivity index (χ1v) is 37.0. The molecule has 0 bridgehead atoms. The van der Waals surface area contributed by atoms with Gasteiger partial charge in [-0.1, -0.05) is 79.6 Å². The molecule has 2 aliphatic heterocycles. The van der Waals surface area contributed by atoms with E-state index in [1.165, 1.54) is 34.6 Å². The van der Waals surface area contributed by atoms with E-state index in [0.717, 1.165) is 48.3 Å². The Kier molecular flexibility index (Phi) is 42.7. The van der Waals surface area contributed by atoms with Gasteiger partial charge in [0.05, 0.1) is 31.7 Å². The third-order valence-corrected chi connectivity index (χ3v) is 18.4. The summed E-state index contributed by atoms with van der Waals surface area (Å²) >= 11 is 0. The summed E-state index contributed by atoms with van der Waals surface area (Å²) in [4.78, 5) is 217. The minimum atomic E-state index is -2.01. The lowest BCUT2D eigenvalue weighted by Gasteiger charge is -2.32. The maximum Gasteiger partial charge on any atom is 0.326 e. The molecule has 2 rings (SSSR count). The lowest BCUT2D eigenvalue weighted by Crippen LogP contribution is -2.62. The average Bonchev–Trinajstić information content (AvgIpc) is 1.62. The first kappa shape index (κ1) is 93.4. The van der Waals surface area contributed by atoms with E-state index in [1.54, 1.807) is 6.92 Å². The fourth-order valence-corrected chi connectivity index (χ4v) is 12.1. The maximum atomic E-state index is 14.2. The van der Waals surface area contributed by atoms with E-state index >= 15 is 0 Å². The van der Waals surface area contributed by atoms with Gasteiger partial charge in [-0.3, -0.25) is 71.9 Å². The number of carboxylic acids is 3. The van der Waals surface area contributed by atoms with Crippen molar-refractivity contribution in [3.05, 3.63) is 0 Å². The first-order valence-electron chi connectivity index (χ1n) is 37.0. The number of nitrogens with two attached hydrogens (primary N) is 2. The highest BCUT2D eigenvalue weighted by molar-refractivity contribution is 6.01. The van der Waals surface area contributed by atoms with Gasteiger partial charge in [-0.25, -0.2) is 4.79 Å². The van der Waals surface area contributed by atoms with Crippen LogP contribution in [0.2, 0.25) is 0 Å². The van der Waals surface area contributed by atoms with Crippen molar-refractivity contribution in [3.63, 3.8) is 0 Å². The molecular weight excluding hydrogens is 1390 g/mol. The predicted molar refractivity (Wildman–Crippen MR) is 382 cm³/mol. The Hall–Kier alpha value is -8.68. The summed E-state index contributed by atoms with van der Waals surface area (Å²) in [5.74, 6) is -17.6. The number of carbonyl (C=O) groups is 16. The van der Waals surface area contributed by atoms with Crippen LogP contribution in [0, 0.1) is 11.8 Å². The molecule has 2 saturated heterocycles. The fraction of sp³-hybridized carbons (Fsp3) is 0.768. The molecule has 2 fully saturated rings. The highest BCUT2D eigenvalue weighted by atomic mass is 16.4. The molecule has 602 valence electrons. The third kappa shape index (κ3) is 32.2. The van der Waals surface area contributed by atoms with Crippen molar-refractivity contribution in [2.75, 3.05) is 32.8 Å². The van der Waals surface area contributed by atoms with Crippen LogP contribution < -0.4 is 70.0 Å². The van der Waals surface area contributed by atoms with Crippen molar-refractivity contribution in [3.8, 4) is 0 Å². The number of unbranched alkanes of at least 4 members (excludes halogenated alkanes) is 8. The van der Waals surface area contributed by atoms with Crippen molar-refractivity contribution in [1.82, 2.24) is 68.3 Å². The molecule has 16 atom stereocenters. The van der Waals surface area contributed by atoms with E-state index < -0.39 is 205 Å². The van der Waals surface area contributed by atoms with Gasteiger partial charge < -0.3 is 110 Å². The number of hydrogen-bond acceptors (Lipinski definition) is 21. The zero-order chi connectivity index (χ0) is 80.1. The standard InChI is InChI=1S/C69H119N15O22/c1-10-12-13-14-15-16-17-28-51(88)74-45(33-37(3)4)61(97)82-56(42(9)87)68(104)84-32-23-27-50(84)64(100)81-55(41(8)86)66(102)72-39(6)57(93)75-43(24-18-20-29-70)58(94)73-40(7)67(103)83-31-22-26-49(83)63(99)79-48(36-85)62(98)76-44(25-19-21-30-71)59(95)80-54(38(5)11-2)65(101)77-46(34-52(89)90)60(96)78-47(69(105)106)35-53(91)92/h37-50,54-56,85-87H,10-36,70-71H2,1-9H3,(H,72,102)(H,73,94)(H,74,88)(H,75,93)(H,76,98)(H,77,101)(H,78,96)(H,79,99)(H,80,95)(H,81,100)(H,82,97)(H,89,90)(H,91,92)(H,105,106)/t38-,39-,40-,41+,42+,43-,44-,45-,46-,47-,48-,49-,50-,54-,55-,56-/m0/s1. The smallest absolute Gasteiger partial charge is 0.326 e. The predicted octanol–water partition coefficient (Wildman–Crippen LogP) is -3.38. The number of aliphatic hydroxyl groups excluding tert-OH is 3. The number of carboxylic acid groups (broad SMARTS) is 3. The Balaban J connectivity index is 2.22. The van der Waals surface area contributed by atoms with Gasteiger partial charge in [0.1, 0.15) is 78.5 Å². The molecule has 13 amide bonds. The van der Waals surface area contributed by atoms with Crippen LogP contribution in [0.5, 0.6) is 0 Å². The number of aliphatic carboxylic acids is 3. The highest BCUT2D eigenvalue weighted by Crippen LogP contribution is 2.23. The molecule has 0 radical (unpaired) electrons. The average molecular weight is 1510 g/mol. The lowest BCUT2D eigenvalue weighted by molar-refractivity contribution is -0.148. The molecule has 37 nitrogen and oxygen atoms in total. The molecule has 0 aromatic rings. The molecule has 37 heteroatoms. The number of amides is 13. The van der Waals surface area contributed by atoms with Gasteiger partial charge in [-0.05, 0) is 130 Å². The summed E-state index contributed by atoms with van der Waals surface area (Å²) in [5.41, 5.74) is 11.4. The second-order valence-electron chi connectivity index (χ2n) is 27.9. The molecule has 0 aromatic heterocycles. The van der Waals surface area contributed by atoms with Crippen LogP contribution in [0.3, 0.4) is 0 Å². The van der Waals surface area contributed by atoms with Crippen LogP contribution in [-0.4, -0.2) is 259 Å². The Bertz CT molecular complexity index is 2960. The minimum absolute atomic E-state index is 0.0137. The molecule has 0 aliphatic carbocycles. The normalized spacial score (nSPS) is 18.1. The van der Waals surface area contributed by atoms with Crippen molar-refractivity contribution in [2.24, 2.45) is 23.3 Å². The lowest BCUT2D eigenvalue weighted by atomic mass is 9.96. The Labute approximate surface area is 618 Å². The van der Waals surface area contributed by atoms with Crippen LogP contribution >= 0.6 is 0 Å². The van der Waals surface area contributed by atoms with Gasteiger partial charge in [0.2, 0.25) is 76.8 Å². The van der Waals surface area contributed by atoms with E-state index in [1.807, 2.05) is 19.2 Å². The number of likely N-dealkylation sites (tertiary alicyclic amines) is 2. The molecule has 2 aliphatic rings. The maximum absolute atomic E-state index is 14.2. The van der Waals surface area contributed by atoms with Gasteiger partial charge >= 0.3 is 17.9 Å². The first-order chi connectivity index (χ1) is 50.0. The van der Waals surface area contributed by atoms with Crippen molar-refractivity contribution in [2.45, 2.75) is 294 Å². The number of carbonyl (C=O) groups excluding carboxylic acids is 13. The van der Waals surface area contributed by atoms with Gasteiger partial charge in [0.15, 0.2) is 0 Å². The minimum Gasteiger partial charge on any atom is -0.481 e. The number of nitrogens with one attached hydrogen (secondary N) is 11. The summed E-state index contributed by atoms with van der Waals surface area (Å²) in [7, 11) is 0. The molecule has 106 heavy (non-hydrogen) atoms. The van der Waals surface area contributed by atoms with Crippen molar-refractivity contribution in [1.29, 1.82) is 0 Å². The quantitative estimate of drug-likeness (QED) is 0.0264. The molecule has 2 heterocycles. The Morgan fingerprint density at radius 2 is 0.858 bits per heavy atom. The molecule has 0 aromatic carbocycles. The molecular formula is C69H119N15O22. The van der Waals surface area contributed by atoms with E-state index in [9.17, 15) is 102 Å². The summed E-state index contributed by atoms with van der Waals surface area (Å²) in [6, 6.07) is -19.7. The highest BCUT2D eigenvalue weighted by Gasteiger charge is 2.44.